The molecule has 2 heteroatoms. The van der Waals surface area contributed by atoms with E-state index in [4.69, 9.17) is 10.5 Å². The van der Waals surface area contributed by atoms with Crippen LogP contribution in [0.4, 0.5) is 0 Å². The number of hydrogen-bond donors (Lipinski definition) is 1. The highest BCUT2D eigenvalue weighted by molar-refractivity contribution is 5.35. The Labute approximate surface area is 103 Å². The van der Waals surface area contributed by atoms with Crippen LogP contribution in [0.2, 0.25) is 0 Å². The van der Waals surface area contributed by atoms with Crippen LogP contribution in [-0.2, 0) is 24.0 Å². The topological polar surface area (TPSA) is 35.2 Å². The third kappa shape index (κ3) is 2.38. The van der Waals surface area contributed by atoms with Crippen LogP contribution in [0.15, 0.2) is 18.2 Å². The Kier molecular flexibility index (Phi) is 3.17. The molecule has 1 fully saturated rings. The lowest BCUT2D eigenvalue weighted by Crippen LogP contribution is -2.39. The van der Waals surface area contributed by atoms with Gasteiger partial charge in [-0.2, -0.15) is 0 Å². The van der Waals surface area contributed by atoms with E-state index in [2.05, 4.69) is 18.2 Å². The molecule has 0 aromatic heterocycles. The molecule has 0 amide bonds. The van der Waals surface area contributed by atoms with Crippen LogP contribution in [0.5, 0.6) is 0 Å². The maximum absolute atomic E-state index is 6.16. The summed E-state index contributed by atoms with van der Waals surface area (Å²) < 4.78 is 5.54. The van der Waals surface area contributed by atoms with Crippen molar-refractivity contribution in [1.29, 1.82) is 0 Å². The number of benzene rings is 1. The van der Waals surface area contributed by atoms with Gasteiger partial charge in [0.15, 0.2) is 0 Å². The SMILES string of the molecule is NC1CCOCC1Cc1ccc2c(c1)CCC2. The van der Waals surface area contributed by atoms with Gasteiger partial charge < -0.3 is 10.5 Å². The Morgan fingerprint density at radius 3 is 3.00 bits per heavy atom. The fourth-order valence-electron chi connectivity index (χ4n) is 3.08. The fraction of sp³-hybridized carbons (Fsp3) is 0.600. The zero-order chi connectivity index (χ0) is 11.7. The summed E-state index contributed by atoms with van der Waals surface area (Å²) in [5.41, 5.74) is 10.7. The minimum Gasteiger partial charge on any atom is -0.381 e. The molecule has 2 atom stereocenters. The van der Waals surface area contributed by atoms with Crippen LogP contribution in [-0.4, -0.2) is 19.3 Å². The summed E-state index contributed by atoms with van der Waals surface area (Å²) in [6.07, 6.45) is 5.94. The van der Waals surface area contributed by atoms with Gasteiger partial charge in [-0.1, -0.05) is 18.2 Å². The average Bonchev–Trinajstić information content (AvgIpc) is 2.79. The molecular weight excluding hydrogens is 210 g/mol. The number of hydrogen-bond acceptors (Lipinski definition) is 2. The number of aryl methyl sites for hydroxylation is 2. The molecule has 1 aliphatic carbocycles. The maximum Gasteiger partial charge on any atom is 0.0512 e. The monoisotopic (exact) mass is 231 g/mol. The van der Waals surface area contributed by atoms with Gasteiger partial charge in [-0.25, -0.2) is 0 Å². The summed E-state index contributed by atoms with van der Waals surface area (Å²) in [5, 5.41) is 0. The van der Waals surface area contributed by atoms with E-state index < -0.39 is 0 Å². The lowest BCUT2D eigenvalue weighted by atomic mass is 9.89. The molecule has 2 unspecified atom stereocenters. The molecular formula is C15H21NO. The van der Waals surface area contributed by atoms with Crippen LogP contribution in [0, 0.1) is 5.92 Å². The first-order chi connectivity index (χ1) is 8.33. The van der Waals surface area contributed by atoms with E-state index in [1.165, 1.54) is 24.8 Å². The van der Waals surface area contributed by atoms with Crippen molar-refractivity contribution in [3.8, 4) is 0 Å². The number of nitrogens with two attached hydrogens (primary N) is 1. The van der Waals surface area contributed by atoms with Crippen molar-refractivity contribution < 1.29 is 4.74 Å². The lowest BCUT2D eigenvalue weighted by molar-refractivity contribution is 0.0422. The second kappa shape index (κ2) is 4.79. The molecule has 92 valence electrons. The van der Waals surface area contributed by atoms with Crippen LogP contribution in [0.1, 0.15) is 29.5 Å². The van der Waals surface area contributed by atoms with Crippen molar-refractivity contribution in [3.05, 3.63) is 34.9 Å². The molecule has 0 spiro atoms. The maximum atomic E-state index is 6.16. The Balaban J connectivity index is 1.72. The van der Waals surface area contributed by atoms with E-state index in [0.717, 1.165) is 26.1 Å². The Bertz CT molecular complexity index is 402. The molecule has 1 aromatic carbocycles. The summed E-state index contributed by atoms with van der Waals surface area (Å²) in [6, 6.07) is 7.30. The summed E-state index contributed by atoms with van der Waals surface area (Å²) in [5.74, 6) is 0.503. The van der Waals surface area contributed by atoms with Crippen LogP contribution >= 0.6 is 0 Å². The normalized spacial score (nSPS) is 28.1. The Morgan fingerprint density at radius 2 is 2.12 bits per heavy atom. The van der Waals surface area contributed by atoms with Gasteiger partial charge in [-0.05, 0) is 48.8 Å². The van der Waals surface area contributed by atoms with Gasteiger partial charge in [0.05, 0.1) is 6.61 Å². The minimum absolute atomic E-state index is 0.317. The molecule has 2 N–H and O–H groups in total. The standard InChI is InChI=1S/C15H21NO/c16-15-6-7-17-10-14(15)9-11-4-5-12-2-1-3-13(12)8-11/h4-5,8,14-15H,1-3,6-7,9-10,16H2. The van der Waals surface area contributed by atoms with Crippen molar-refractivity contribution in [2.45, 2.75) is 38.1 Å². The molecule has 0 saturated carbocycles. The zero-order valence-electron chi connectivity index (χ0n) is 10.3. The van der Waals surface area contributed by atoms with Gasteiger partial charge in [-0.15, -0.1) is 0 Å². The van der Waals surface area contributed by atoms with Gasteiger partial charge in [0.2, 0.25) is 0 Å². The van der Waals surface area contributed by atoms with Gasteiger partial charge in [0.1, 0.15) is 0 Å². The number of rotatable bonds is 2. The second-order valence-electron chi connectivity index (χ2n) is 5.45. The minimum atomic E-state index is 0.317. The van der Waals surface area contributed by atoms with E-state index in [1.54, 1.807) is 11.1 Å². The highest BCUT2D eigenvalue weighted by Gasteiger charge is 2.23. The molecule has 2 aliphatic rings. The second-order valence-corrected chi connectivity index (χ2v) is 5.45. The first-order valence-corrected chi connectivity index (χ1v) is 6.77. The summed E-state index contributed by atoms with van der Waals surface area (Å²) in [7, 11) is 0. The van der Waals surface area contributed by atoms with E-state index in [0.29, 0.717) is 12.0 Å². The molecule has 0 radical (unpaired) electrons. The third-order valence-electron chi connectivity index (χ3n) is 4.19. The molecule has 2 nitrogen and oxygen atoms in total. The molecule has 17 heavy (non-hydrogen) atoms. The molecule has 3 rings (SSSR count). The van der Waals surface area contributed by atoms with Crippen LogP contribution < -0.4 is 5.73 Å². The average molecular weight is 231 g/mol. The fourth-order valence-corrected chi connectivity index (χ4v) is 3.08. The van der Waals surface area contributed by atoms with Crippen LogP contribution in [0.3, 0.4) is 0 Å². The first-order valence-electron chi connectivity index (χ1n) is 6.77. The van der Waals surface area contributed by atoms with Crippen LogP contribution in [0.25, 0.3) is 0 Å². The quantitative estimate of drug-likeness (QED) is 0.846. The van der Waals surface area contributed by atoms with Crippen molar-refractivity contribution in [2.75, 3.05) is 13.2 Å². The Hall–Kier alpha value is -0.860. The molecule has 1 aromatic rings. The largest absolute Gasteiger partial charge is 0.381 e. The molecule has 0 bridgehead atoms. The highest BCUT2D eigenvalue weighted by Crippen LogP contribution is 2.25. The summed E-state index contributed by atoms with van der Waals surface area (Å²) in [4.78, 5) is 0. The third-order valence-corrected chi connectivity index (χ3v) is 4.19. The van der Waals surface area contributed by atoms with E-state index >= 15 is 0 Å². The first kappa shape index (κ1) is 11.2. The molecule has 1 saturated heterocycles. The van der Waals surface area contributed by atoms with Crippen molar-refractivity contribution in [1.82, 2.24) is 0 Å². The molecule has 1 heterocycles. The van der Waals surface area contributed by atoms with E-state index in [1.807, 2.05) is 0 Å². The predicted molar refractivity (Wildman–Crippen MR) is 69.1 cm³/mol. The van der Waals surface area contributed by atoms with Gasteiger partial charge in [0, 0.05) is 18.6 Å². The summed E-state index contributed by atoms with van der Waals surface area (Å²) >= 11 is 0. The van der Waals surface area contributed by atoms with Crippen molar-refractivity contribution in [2.24, 2.45) is 11.7 Å². The summed E-state index contributed by atoms with van der Waals surface area (Å²) in [6.45, 7) is 1.67. The molecule has 1 aliphatic heterocycles. The van der Waals surface area contributed by atoms with E-state index in [-0.39, 0.29) is 0 Å². The lowest BCUT2D eigenvalue weighted by Gasteiger charge is -2.28. The number of fused-ring (bicyclic) bond motifs is 1. The number of ether oxygens (including phenoxy) is 1. The van der Waals surface area contributed by atoms with Gasteiger partial charge >= 0.3 is 0 Å². The van der Waals surface area contributed by atoms with E-state index in [9.17, 15) is 0 Å². The zero-order valence-corrected chi connectivity index (χ0v) is 10.3. The smallest absolute Gasteiger partial charge is 0.0512 e. The van der Waals surface area contributed by atoms with Crippen molar-refractivity contribution in [3.63, 3.8) is 0 Å². The van der Waals surface area contributed by atoms with Crippen molar-refractivity contribution >= 4 is 0 Å². The van der Waals surface area contributed by atoms with Gasteiger partial charge in [-0.3, -0.25) is 0 Å². The highest BCUT2D eigenvalue weighted by atomic mass is 16.5. The predicted octanol–water partition coefficient (Wildman–Crippen LogP) is 2.08. The Morgan fingerprint density at radius 1 is 1.24 bits per heavy atom. The van der Waals surface area contributed by atoms with Gasteiger partial charge in [0.25, 0.3) is 0 Å².